The van der Waals surface area contributed by atoms with Gasteiger partial charge in [0.25, 0.3) is 0 Å². The lowest BCUT2D eigenvalue weighted by Gasteiger charge is -2.70. The minimum atomic E-state index is 0.102. The van der Waals surface area contributed by atoms with Gasteiger partial charge in [-0.1, -0.05) is 19.9 Å². The smallest absolute Gasteiger partial charge is 0.119 e. The van der Waals surface area contributed by atoms with E-state index in [1.165, 1.54) is 24.0 Å². The molecule has 3 heteroatoms. The summed E-state index contributed by atoms with van der Waals surface area (Å²) in [6.07, 6.45) is 3.69. The van der Waals surface area contributed by atoms with Crippen LogP contribution >= 0.6 is 0 Å². The minimum Gasteiger partial charge on any atom is -0.497 e. The summed E-state index contributed by atoms with van der Waals surface area (Å²) in [5, 5.41) is 2.51. The first-order chi connectivity index (χ1) is 10.0. The number of benzene rings is 1. The number of nitrogens with zero attached hydrogens (tertiary/aromatic N) is 1. The second-order valence-corrected chi connectivity index (χ2v) is 7.54. The van der Waals surface area contributed by atoms with E-state index in [-0.39, 0.29) is 11.1 Å². The van der Waals surface area contributed by atoms with Gasteiger partial charge in [0.05, 0.1) is 18.2 Å². The third kappa shape index (κ3) is 1.51. The molecule has 1 aliphatic carbocycles. The van der Waals surface area contributed by atoms with E-state index >= 15 is 0 Å². The van der Waals surface area contributed by atoms with Gasteiger partial charge in [-0.25, -0.2) is 10.4 Å². The Morgan fingerprint density at radius 3 is 2.90 bits per heavy atom. The van der Waals surface area contributed by atoms with Crippen LogP contribution in [0, 0.1) is 11.8 Å². The quantitative estimate of drug-likeness (QED) is 0.858. The number of nitrogens with one attached hydrogen (secondary N) is 1. The molecule has 1 unspecified atom stereocenters. The first-order valence-corrected chi connectivity index (χ1v) is 8.24. The highest BCUT2D eigenvalue weighted by molar-refractivity contribution is 5.47. The van der Waals surface area contributed by atoms with Gasteiger partial charge in [0.1, 0.15) is 5.75 Å². The molecule has 1 N–H and O–H groups in total. The van der Waals surface area contributed by atoms with E-state index in [1.807, 2.05) is 0 Å². The van der Waals surface area contributed by atoms with Crippen LogP contribution in [0.4, 0.5) is 0 Å². The summed E-state index contributed by atoms with van der Waals surface area (Å²) in [6.45, 7) is 8.41. The van der Waals surface area contributed by atoms with Gasteiger partial charge in [-0.05, 0) is 61.3 Å². The van der Waals surface area contributed by atoms with Crippen molar-refractivity contribution in [2.45, 2.75) is 51.1 Å². The van der Waals surface area contributed by atoms with Crippen LogP contribution in [0.15, 0.2) is 18.2 Å². The van der Waals surface area contributed by atoms with Crippen LogP contribution in [0.1, 0.15) is 44.7 Å². The zero-order valence-corrected chi connectivity index (χ0v) is 13.6. The largest absolute Gasteiger partial charge is 0.497 e. The lowest BCUT2D eigenvalue weighted by Crippen LogP contribution is -2.85. The predicted molar refractivity (Wildman–Crippen MR) is 84.2 cm³/mol. The van der Waals surface area contributed by atoms with Crippen molar-refractivity contribution in [3.63, 3.8) is 0 Å². The van der Waals surface area contributed by atoms with Gasteiger partial charge in [0, 0.05) is 6.54 Å². The van der Waals surface area contributed by atoms with Crippen molar-refractivity contribution in [3.8, 4) is 5.75 Å². The molecule has 1 saturated heterocycles. The summed E-state index contributed by atoms with van der Waals surface area (Å²) in [5.41, 5.74) is 7.16. The van der Waals surface area contributed by atoms with Crippen LogP contribution in [0.25, 0.3) is 0 Å². The van der Waals surface area contributed by atoms with Crippen LogP contribution < -0.4 is 10.2 Å². The summed E-state index contributed by atoms with van der Waals surface area (Å²) in [7, 11) is 1.77. The maximum Gasteiger partial charge on any atom is 0.119 e. The van der Waals surface area contributed by atoms with E-state index in [4.69, 9.17) is 4.74 Å². The Balaban J connectivity index is 1.91. The molecule has 0 aromatic heterocycles. The number of hydrogen-bond donors (Lipinski definition) is 1. The number of hydrogen-bond acceptors (Lipinski definition) is 3. The molecule has 2 bridgehead atoms. The third-order valence-corrected chi connectivity index (χ3v) is 6.50. The van der Waals surface area contributed by atoms with Gasteiger partial charge in [0.15, 0.2) is 0 Å². The summed E-state index contributed by atoms with van der Waals surface area (Å²) in [4.78, 5) is 0. The molecule has 114 valence electrons. The Morgan fingerprint density at radius 2 is 2.14 bits per heavy atom. The topological polar surface area (TPSA) is 24.5 Å². The summed E-state index contributed by atoms with van der Waals surface area (Å²) in [6, 6.07) is 6.67. The van der Waals surface area contributed by atoms with E-state index in [1.54, 1.807) is 7.11 Å². The summed E-state index contributed by atoms with van der Waals surface area (Å²) >= 11 is 0. The Labute approximate surface area is 127 Å². The van der Waals surface area contributed by atoms with E-state index in [0.29, 0.717) is 5.92 Å². The molecule has 1 saturated carbocycles. The molecule has 3 nitrogen and oxygen atoms in total. The Kier molecular flexibility index (Phi) is 2.74. The van der Waals surface area contributed by atoms with Gasteiger partial charge in [-0.3, -0.25) is 0 Å². The average molecular weight is 286 g/mol. The lowest BCUT2D eigenvalue weighted by atomic mass is 9.54. The van der Waals surface area contributed by atoms with Crippen LogP contribution in [-0.4, -0.2) is 24.2 Å². The molecule has 0 amide bonds. The molecule has 4 rings (SSSR count). The zero-order valence-electron chi connectivity index (χ0n) is 13.6. The van der Waals surface area contributed by atoms with Gasteiger partial charge in [-0.2, -0.15) is 0 Å². The fourth-order valence-electron chi connectivity index (χ4n) is 5.28. The van der Waals surface area contributed by atoms with Crippen LogP contribution in [0.5, 0.6) is 5.75 Å². The lowest BCUT2D eigenvalue weighted by molar-refractivity contribution is -0.224. The number of methoxy groups -OCH3 is 1. The van der Waals surface area contributed by atoms with Crippen LogP contribution in [0.2, 0.25) is 0 Å². The minimum absolute atomic E-state index is 0.102. The van der Waals surface area contributed by atoms with Crippen molar-refractivity contribution in [3.05, 3.63) is 29.3 Å². The second kappa shape index (κ2) is 4.23. The molecular formula is C18H26N2O. The van der Waals surface area contributed by atoms with Gasteiger partial charge < -0.3 is 4.74 Å². The molecule has 2 heterocycles. The molecule has 2 aliphatic heterocycles. The van der Waals surface area contributed by atoms with E-state index in [0.717, 1.165) is 24.6 Å². The number of hydrazine groups is 1. The van der Waals surface area contributed by atoms with Crippen molar-refractivity contribution >= 4 is 0 Å². The molecule has 21 heavy (non-hydrogen) atoms. The zero-order chi connectivity index (χ0) is 14.8. The molecule has 2 fully saturated rings. The fraction of sp³-hybridized carbons (Fsp3) is 0.667. The maximum absolute atomic E-state index is 5.51. The number of ether oxygens (including phenoxy) is 1. The molecule has 0 radical (unpaired) electrons. The molecule has 1 aromatic carbocycles. The first kappa shape index (κ1) is 13.6. The predicted octanol–water partition coefficient (Wildman–Crippen LogP) is 3.09. The molecule has 1 aromatic rings. The highest BCUT2D eigenvalue weighted by Gasteiger charge is 2.67. The summed E-state index contributed by atoms with van der Waals surface area (Å²) in [5.74, 6) is 2.46. The van der Waals surface area contributed by atoms with Crippen molar-refractivity contribution in [2.24, 2.45) is 11.8 Å². The third-order valence-electron chi connectivity index (χ3n) is 6.50. The number of rotatable bonds is 1. The summed E-state index contributed by atoms with van der Waals surface area (Å²) < 4.78 is 5.51. The Bertz CT molecular complexity index is 583. The van der Waals surface area contributed by atoms with E-state index < -0.39 is 0 Å². The van der Waals surface area contributed by atoms with Crippen molar-refractivity contribution in [1.82, 2.24) is 10.4 Å². The van der Waals surface area contributed by atoms with Gasteiger partial charge in [0.2, 0.25) is 0 Å². The van der Waals surface area contributed by atoms with E-state index in [9.17, 15) is 0 Å². The highest BCUT2D eigenvalue weighted by atomic mass is 16.5. The van der Waals surface area contributed by atoms with Crippen molar-refractivity contribution in [2.75, 3.05) is 13.7 Å². The first-order valence-electron chi connectivity index (χ1n) is 8.24. The molecule has 0 spiro atoms. The molecule has 3 aliphatic rings. The van der Waals surface area contributed by atoms with Crippen molar-refractivity contribution in [1.29, 1.82) is 0 Å². The average Bonchev–Trinajstić information content (AvgIpc) is 2.69. The monoisotopic (exact) mass is 286 g/mol. The van der Waals surface area contributed by atoms with Crippen LogP contribution in [-0.2, 0) is 12.0 Å². The second-order valence-electron chi connectivity index (χ2n) is 7.54. The molecule has 5 atom stereocenters. The van der Waals surface area contributed by atoms with E-state index in [2.05, 4.69) is 49.4 Å². The van der Waals surface area contributed by atoms with Gasteiger partial charge in [-0.15, -0.1) is 0 Å². The van der Waals surface area contributed by atoms with Crippen LogP contribution in [0.3, 0.4) is 0 Å². The van der Waals surface area contributed by atoms with Gasteiger partial charge >= 0.3 is 0 Å². The SMILES string of the molecule is COc1ccc2c(c1)[C@@]13C[C@H](C)C[C@@H](C)[C@]1(C)N(CC2)N3. The number of fused-ring (bicyclic) bond motifs is 1. The molecular weight excluding hydrogens is 260 g/mol. The standard InChI is InChI=1S/C18H26N2O/c1-12-9-13(2)17(3)18(11-12)16-10-15(21-4)6-5-14(16)7-8-20(17)19-18/h5-6,10,12-13,19H,7-9,11H2,1-4H3/t12-,13-,17+,18+/m1/s1. The highest BCUT2D eigenvalue weighted by Crippen LogP contribution is 2.59. The Hall–Kier alpha value is -1.06. The van der Waals surface area contributed by atoms with Crippen molar-refractivity contribution < 1.29 is 4.74 Å². The normalized spacial score (nSPS) is 44.1. The Morgan fingerprint density at radius 1 is 1.33 bits per heavy atom. The fourth-order valence-corrected chi connectivity index (χ4v) is 5.28. The maximum atomic E-state index is 5.51.